The molecule has 0 aliphatic carbocycles. The highest BCUT2D eigenvalue weighted by Gasteiger charge is 2.09. The smallest absolute Gasteiger partial charge is 0.137 e. The lowest BCUT2D eigenvalue weighted by Gasteiger charge is -2.09. The number of benzene rings is 2. The monoisotopic (exact) mass is 281 g/mol. The quantitative estimate of drug-likeness (QED) is 0.538. The predicted molar refractivity (Wildman–Crippen MR) is 86.4 cm³/mol. The third-order valence-corrected chi connectivity index (χ3v) is 3.89. The molecule has 100 valence electrons. The molecule has 1 aromatic heterocycles. The fourth-order valence-electron chi connectivity index (χ4n) is 2.54. The van der Waals surface area contributed by atoms with Crippen LogP contribution in [-0.2, 0) is 0 Å². The molecular weight excluding hydrogens is 266 g/mol. The van der Waals surface area contributed by atoms with Crippen LogP contribution in [0.15, 0.2) is 42.5 Å². The van der Waals surface area contributed by atoms with Crippen LogP contribution in [0.1, 0.15) is 16.7 Å². The highest BCUT2D eigenvalue weighted by Crippen LogP contribution is 2.31. The standard InChI is InChI=1S/C18H16ClN/c1-11-4-6-14(7-5-11)16-10-15-13(3)8-12(2)9-17(15)20-18(16)19/h4-10H,1-3H3. The molecule has 0 saturated heterocycles. The second-order valence-electron chi connectivity index (χ2n) is 5.34. The van der Waals surface area contributed by atoms with Gasteiger partial charge in [0.15, 0.2) is 0 Å². The summed E-state index contributed by atoms with van der Waals surface area (Å²) in [5.41, 5.74) is 6.74. The van der Waals surface area contributed by atoms with Crippen LogP contribution < -0.4 is 0 Å². The van der Waals surface area contributed by atoms with E-state index in [0.717, 1.165) is 22.0 Å². The number of nitrogens with zero attached hydrogens (tertiary/aromatic N) is 1. The minimum Gasteiger partial charge on any atom is -0.235 e. The van der Waals surface area contributed by atoms with Crippen LogP contribution in [0.4, 0.5) is 0 Å². The summed E-state index contributed by atoms with van der Waals surface area (Å²) in [4.78, 5) is 4.56. The highest BCUT2D eigenvalue weighted by molar-refractivity contribution is 6.32. The number of pyridine rings is 1. The van der Waals surface area contributed by atoms with Crippen molar-refractivity contribution in [2.24, 2.45) is 0 Å². The zero-order valence-electron chi connectivity index (χ0n) is 11.9. The fraction of sp³-hybridized carbons (Fsp3) is 0.167. The third-order valence-electron chi connectivity index (χ3n) is 3.60. The number of aryl methyl sites for hydroxylation is 3. The Morgan fingerprint density at radius 3 is 2.25 bits per heavy atom. The van der Waals surface area contributed by atoms with E-state index in [1.165, 1.54) is 16.7 Å². The number of aromatic nitrogens is 1. The van der Waals surface area contributed by atoms with Crippen LogP contribution in [0.3, 0.4) is 0 Å². The summed E-state index contributed by atoms with van der Waals surface area (Å²) in [5, 5.41) is 1.72. The second-order valence-corrected chi connectivity index (χ2v) is 5.70. The summed E-state index contributed by atoms with van der Waals surface area (Å²) in [6.07, 6.45) is 0. The fourth-order valence-corrected chi connectivity index (χ4v) is 2.80. The molecule has 0 amide bonds. The van der Waals surface area contributed by atoms with Gasteiger partial charge in [0.05, 0.1) is 5.52 Å². The summed E-state index contributed by atoms with van der Waals surface area (Å²) in [6, 6.07) is 14.8. The number of fused-ring (bicyclic) bond motifs is 1. The molecule has 1 nitrogen and oxygen atoms in total. The van der Waals surface area contributed by atoms with Gasteiger partial charge in [-0.15, -0.1) is 0 Å². The first-order valence-electron chi connectivity index (χ1n) is 6.69. The number of halogens is 1. The van der Waals surface area contributed by atoms with E-state index in [2.05, 4.69) is 68.2 Å². The van der Waals surface area contributed by atoms with Crippen molar-refractivity contribution in [3.05, 3.63) is 64.3 Å². The first-order valence-corrected chi connectivity index (χ1v) is 7.07. The lowest BCUT2D eigenvalue weighted by molar-refractivity contribution is 1.35. The van der Waals surface area contributed by atoms with Gasteiger partial charge in [-0.25, -0.2) is 4.98 Å². The summed E-state index contributed by atoms with van der Waals surface area (Å²) in [7, 11) is 0. The summed E-state index contributed by atoms with van der Waals surface area (Å²) >= 11 is 6.37. The first-order chi connectivity index (χ1) is 9.54. The van der Waals surface area contributed by atoms with E-state index in [-0.39, 0.29) is 0 Å². The zero-order valence-corrected chi connectivity index (χ0v) is 12.6. The molecule has 0 aliphatic rings. The molecule has 0 atom stereocenters. The number of rotatable bonds is 1. The minimum atomic E-state index is 0.561. The number of hydrogen-bond acceptors (Lipinski definition) is 1. The molecule has 1 heterocycles. The summed E-state index contributed by atoms with van der Waals surface area (Å²) in [5.74, 6) is 0. The molecule has 0 bridgehead atoms. The largest absolute Gasteiger partial charge is 0.235 e. The summed E-state index contributed by atoms with van der Waals surface area (Å²) < 4.78 is 0. The van der Waals surface area contributed by atoms with Crippen molar-refractivity contribution in [2.45, 2.75) is 20.8 Å². The van der Waals surface area contributed by atoms with Gasteiger partial charge >= 0.3 is 0 Å². The van der Waals surface area contributed by atoms with E-state index < -0.39 is 0 Å². The Balaban J connectivity index is 2.26. The minimum absolute atomic E-state index is 0.561. The van der Waals surface area contributed by atoms with Crippen LogP contribution in [0, 0.1) is 20.8 Å². The lowest BCUT2D eigenvalue weighted by Crippen LogP contribution is -1.89. The van der Waals surface area contributed by atoms with Gasteiger partial charge in [-0.05, 0) is 49.6 Å². The normalized spacial score (nSPS) is 11.0. The molecule has 0 N–H and O–H groups in total. The Morgan fingerprint density at radius 1 is 0.850 bits per heavy atom. The second kappa shape index (κ2) is 4.92. The highest BCUT2D eigenvalue weighted by atomic mass is 35.5. The molecule has 3 aromatic rings. The van der Waals surface area contributed by atoms with Crippen LogP contribution in [0.5, 0.6) is 0 Å². The van der Waals surface area contributed by atoms with Crippen molar-refractivity contribution < 1.29 is 0 Å². The Hall–Kier alpha value is -1.86. The van der Waals surface area contributed by atoms with Crippen molar-refractivity contribution in [1.82, 2.24) is 4.98 Å². The Morgan fingerprint density at radius 2 is 1.55 bits per heavy atom. The molecule has 2 heteroatoms. The van der Waals surface area contributed by atoms with Crippen molar-refractivity contribution in [2.75, 3.05) is 0 Å². The van der Waals surface area contributed by atoms with E-state index >= 15 is 0 Å². The molecule has 0 radical (unpaired) electrons. The van der Waals surface area contributed by atoms with Gasteiger partial charge in [-0.3, -0.25) is 0 Å². The molecule has 0 spiro atoms. The van der Waals surface area contributed by atoms with Crippen molar-refractivity contribution in [3.8, 4) is 11.1 Å². The average molecular weight is 282 g/mol. The van der Waals surface area contributed by atoms with E-state index in [4.69, 9.17) is 11.6 Å². The average Bonchev–Trinajstić information content (AvgIpc) is 2.39. The maximum atomic E-state index is 6.37. The van der Waals surface area contributed by atoms with Gasteiger partial charge in [0.1, 0.15) is 5.15 Å². The lowest BCUT2D eigenvalue weighted by atomic mass is 10.0. The molecule has 3 rings (SSSR count). The van der Waals surface area contributed by atoms with E-state index in [0.29, 0.717) is 5.15 Å². The molecule has 0 unspecified atom stereocenters. The predicted octanol–water partition coefficient (Wildman–Crippen LogP) is 5.48. The van der Waals surface area contributed by atoms with E-state index in [9.17, 15) is 0 Å². The van der Waals surface area contributed by atoms with Crippen LogP contribution >= 0.6 is 11.6 Å². The van der Waals surface area contributed by atoms with Crippen molar-refractivity contribution >= 4 is 22.5 Å². The molecule has 20 heavy (non-hydrogen) atoms. The van der Waals surface area contributed by atoms with Gasteiger partial charge in [0.2, 0.25) is 0 Å². The molecule has 2 aromatic carbocycles. The van der Waals surface area contributed by atoms with Crippen LogP contribution in [-0.4, -0.2) is 4.98 Å². The first kappa shape index (κ1) is 13.1. The Labute approximate surface area is 124 Å². The van der Waals surface area contributed by atoms with E-state index in [1.807, 2.05) is 0 Å². The Kier molecular flexibility index (Phi) is 3.23. The topological polar surface area (TPSA) is 12.9 Å². The van der Waals surface area contributed by atoms with E-state index in [1.54, 1.807) is 0 Å². The van der Waals surface area contributed by atoms with Crippen molar-refractivity contribution in [3.63, 3.8) is 0 Å². The molecule has 0 aliphatic heterocycles. The molecule has 0 fully saturated rings. The van der Waals surface area contributed by atoms with Gasteiger partial charge in [0, 0.05) is 10.9 Å². The van der Waals surface area contributed by atoms with Gasteiger partial charge in [-0.1, -0.05) is 47.5 Å². The summed E-state index contributed by atoms with van der Waals surface area (Å²) in [6.45, 7) is 6.27. The number of hydrogen-bond donors (Lipinski definition) is 0. The Bertz CT molecular complexity index is 789. The zero-order chi connectivity index (χ0) is 14.3. The van der Waals surface area contributed by atoms with Crippen molar-refractivity contribution in [1.29, 1.82) is 0 Å². The molecule has 0 saturated carbocycles. The third kappa shape index (κ3) is 2.30. The van der Waals surface area contributed by atoms with Gasteiger partial charge in [-0.2, -0.15) is 0 Å². The van der Waals surface area contributed by atoms with Gasteiger partial charge in [0.25, 0.3) is 0 Å². The van der Waals surface area contributed by atoms with Crippen LogP contribution in [0.25, 0.3) is 22.0 Å². The maximum absolute atomic E-state index is 6.37. The maximum Gasteiger partial charge on any atom is 0.137 e. The van der Waals surface area contributed by atoms with Gasteiger partial charge < -0.3 is 0 Å². The molecular formula is C18H16ClN. The van der Waals surface area contributed by atoms with Crippen LogP contribution in [0.2, 0.25) is 5.15 Å². The SMILES string of the molecule is Cc1ccc(-c2cc3c(C)cc(C)cc3nc2Cl)cc1.